The second kappa shape index (κ2) is 2.88. The summed E-state index contributed by atoms with van der Waals surface area (Å²) in [5.41, 5.74) is 7.74. The average Bonchev–Trinajstić information content (AvgIpc) is 2.48. The molecule has 2 N–H and O–H groups in total. The zero-order valence-electron chi connectivity index (χ0n) is 7.61. The van der Waals surface area contributed by atoms with Crippen LogP contribution < -0.4 is 10.6 Å². The smallest absolute Gasteiger partial charge is 0.0609 e. The molecule has 2 aromatic rings. The summed E-state index contributed by atoms with van der Waals surface area (Å²) >= 11 is 1.50. The van der Waals surface area contributed by atoms with Crippen LogP contribution in [0.15, 0.2) is 18.3 Å². The Hall–Kier alpha value is -1.29. The number of hydrogen-bond donors (Lipinski definition) is 1. The molecule has 2 rings (SSSR count). The van der Waals surface area contributed by atoms with E-state index in [4.69, 9.17) is 5.73 Å². The fourth-order valence-electron chi connectivity index (χ4n) is 1.31. The molecule has 0 fully saturated rings. The molecular weight excluding hydrogens is 182 g/mol. The van der Waals surface area contributed by atoms with Crippen molar-refractivity contribution in [1.29, 1.82) is 0 Å². The fraction of sp³-hybridized carbons (Fsp3) is 0.222. The van der Waals surface area contributed by atoms with Crippen molar-refractivity contribution in [2.75, 3.05) is 24.7 Å². The van der Waals surface area contributed by atoms with Crippen LogP contribution in [0.2, 0.25) is 0 Å². The van der Waals surface area contributed by atoms with Gasteiger partial charge in [0.15, 0.2) is 0 Å². The highest BCUT2D eigenvalue weighted by Crippen LogP contribution is 2.29. The van der Waals surface area contributed by atoms with Gasteiger partial charge < -0.3 is 10.6 Å². The first-order chi connectivity index (χ1) is 6.18. The van der Waals surface area contributed by atoms with Crippen molar-refractivity contribution in [3.63, 3.8) is 0 Å². The molecule has 4 heteroatoms. The number of aromatic nitrogens is 1. The summed E-state index contributed by atoms with van der Waals surface area (Å²) in [6, 6.07) is 4.04. The fourth-order valence-corrected chi connectivity index (χ4v) is 1.97. The average molecular weight is 193 g/mol. The van der Waals surface area contributed by atoms with E-state index in [1.165, 1.54) is 16.2 Å². The maximum Gasteiger partial charge on any atom is 0.0609 e. The third-order valence-corrected chi connectivity index (χ3v) is 2.74. The lowest BCUT2D eigenvalue weighted by Crippen LogP contribution is -2.10. The molecule has 1 aromatic carbocycles. The Morgan fingerprint density at radius 2 is 2.15 bits per heavy atom. The van der Waals surface area contributed by atoms with Gasteiger partial charge in [-0.15, -0.1) is 0 Å². The van der Waals surface area contributed by atoms with E-state index in [2.05, 4.69) is 10.4 Å². The Morgan fingerprint density at radius 3 is 2.85 bits per heavy atom. The Kier molecular flexibility index (Phi) is 1.84. The van der Waals surface area contributed by atoms with Crippen LogP contribution in [-0.4, -0.2) is 18.5 Å². The molecule has 13 heavy (non-hydrogen) atoms. The minimum atomic E-state index is 0.803. The van der Waals surface area contributed by atoms with E-state index in [1.54, 1.807) is 0 Å². The van der Waals surface area contributed by atoms with Crippen LogP contribution in [0.5, 0.6) is 0 Å². The van der Waals surface area contributed by atoms with E-state index in [0.717, 1.165) is 16.8 Å². The number of nitrogen functional groups attached to an aromatic ring is 1. The van der Waals surface area contributed by atoms with Crippen LogP contribution in [0.3, 0.4) is 0 Å². The van der Waals surface area contributed by atoms with Crippen molar-refractivity contribution in [2.24, 2.45) is 0 Å². The molecule has 0 aliphatic carbocycles. The molecule has 0 unspecified atom stereocenters. The number of anilines is 2. The first-order valence-electron chi connectivity index (χ1n) is 3.99. The lowest BCUT2D eigenvalue weighted by atomic mass is 10.2. The van der Waals surface area contributed by atoms with Crippen LogP contribution in [0.4, 0.5) is 11.4 Å². The molecule has 0 spiro atoms. The molecule has 0 aliphatic rings. The minimum absolute atomic E-state index is 0.803. The second-order valence-corrected chi connectivity index (χ2v) is 4.00. The van der Waals surface area contributed by atoms with Gasteiger partial charge in [0, 0.05) is 25.7 Å². The highest BCUT2D eigenvalue weighted by atomic mass is 32.1. The molecule has 1 heterocycles. The summed E-state index contributed by atoms with van der Waals surface area (Å²) < 4.78 is 5.29. The predicted octanol–water partition coefficient (Wildman–Crippen LogP) is 1.94. The molecule has 3 nitrogen and oxygen atoms in total. The van der Waals surface area contributed by atoms with Gasteiger partial charge in [-0.2, -0.15) is 4.37 Å². The normalized spacial score (nSPS) is 10.6. The molecule has 0 bridgehead atoms. The van der Waals surface area contributed by atoms with Crippen molar-refractivity contribution in [2.45, 2.75) is 0 Å². The van der Waals surface area contributed by atoms with Gasteiger partial charge in [0.05, 0.1) is 16.1 Å². The summed E-state index contributed by atoms with van der Waals surface area (Å²) in [6.07, 6.45) is 1.84. The summed E-state index contributed by atoms with van der Waals surface area (Å²) in [5.74, 6) is 0. The standard InChI is InChI=1S/C9H11N3S/c1-12(2)8-4-9-6(3-7(8)10)5-11-13-9/h3-5H,10H2,1-2H3. The maximum atomic E-state index is 5.88. The summed E-state index contributed by atoms with van der Waals surface area (Å²) in [6.45, 7) is 0. The van der Waals surface area contributed by atoms with E-state index in [9.17, 15) is 0 Å². The molecule has 0 aliphatic heterocycles. The van der Waals surface area contributed by atoms with Gasteiger partial charge in [0.2, 0.25) is 0 Å². The van der Waals surface area contributed by atoms with Crippen molar-refractivity contribution < 1.29 is 0 Å². The number of rotatable bonds is 1. The number of nitrogens with two attached hydrogens (primary N) is 1. The van der Waals surface area contributed by atoms with Crippen LogP contribution in [0.1, 0.15) is 0 Å². The van der Waals surface area contributed by atoms with Crippen LogP contribution in [0.25, 0.3) is 10.1 Å². The van der Waals surface area contributed by atoms with E-state index in [1.807, 2.05) is 31.3 Å². The topological polar surface area (TPSA) is 42.2 Å². The van der Waals surface area contributed by atoms with E-state index >= 15 is 0 Å². The number of nitrogens with zero attached hydrogens (tertiary/aromatic N) is 2. The second-order valence-electron chi connectivity index (χ2n) is 3.17. The lowest BCUT2D eigenvalue weighted by Gasteiger charge is -2.14. The molecule has 0 saturated heterocycles. The third kappa shape index (κ3) is 1.33. The van der Waals surface area contributed by atoms with Gasteiger partial charge in [-0.1, -0.05) is 0 Å². The molecular formula is C9H11N3S. The van der Waals surface area contributed by atoms with E-state index in [0.29, 0.717) is 0 Å². The zero-order valence-corrected chi connectivity index (χ0v) is 8.43. The number of hydrogen-bond acceptors (Lipinski definition) is 4. The molecule has 1 aromatic heterocycles. The third-order valence-electron chi connectivity index (χ3n) is 1.98. The van der Waals surface area contributed by atoms with Crippen molar-refractivity contribution in [3.05, 3.63) is 18.3 Å². The highest BCUT2D eigenvalue weighted by Gasteiger charge is 2.04. The van der Waals surface area contributed by atoms with Gasteiger partial charge >= 0.3 is 0 Å². The SMILES string of the molecule is CN(C)c1cc2sncc2cc1N. The Labute approximate surface area is 80.9 Å². The molecule has 0 radical (unpaired) electrons. The quantitative estimate of drug-likeness (QED) is 0.704. The van der Waals surface area contributed by atoms with Crippen molar-refractivity contribution in [3.8, 4) is 0 Å². The zero-order chi connectivity index (χ0) is 9.42. The predicted molar refractivity (Wildman–Crippen MR) is 58.4 cm³/mol. The summed E-state index contributed by atoms with van der Waals surface area (Å²) in [4.78, 5) is 2.01. The van der Waals surface area contributed by atoms with Crippen molar-refractivity contribution >= 4 is 33.0 Å². The van der Waals surface area contributed by atoms with Gasteiger partial charge in [0.25, 0.3) is 0 Å². The van der Waals surface area contributed by atoms with Gasteiger partial charge in [-0.05, 0) is 23.7 Å². The van der Waals surface area contributed by atoms with Crippen molar-refractivity contribution in [1.82, 2.24) is 4.37 Å². The number of fused-ring (bicyclic) bond motifs is 1. The monoisotopic (exact) mass is 193 g/mol. The Morgan fingerprint density at radius 1 is 1.38 bits per heavy atom. The van der Waals surface area contributed by atoms with Gasteiger partial charge in [0.1, 0.15) is 0 Å². The van der Waals surface area contributed by atoms with Gasteiger partial charge in [-0.3, -0.25) is 0 Å². The Bertz CT molecular complexity index is 433. The molecule has 0 saturated carbocycles. The first kappa shape index (κ1) is 8.31. The molecule has 68 valence electrons. The number of benzene rings is 1. The first-order valence-corrected chi connectivity index (χ1v) is 4.77. The van der Waals surface area contributed by atoms with Crippen LogP contribution >= 0.6 is 11.5 Å². The Balaban J connectivity index is 2.69. The van der Waals surface area contributed by atoms with Crippen LogP contribution in [-0.2, 0) is 0 Å². The van der Waals surface area contributed by atoms with Crippen LogP contribution in [0, 0.1) is 0 Å². The van der Waals surface area contributed by atoms with E-state index < -0.39 is 0 Å². The van der Waals surface area contributed by atoms with Gasteiger partial charge in [-0.25, -0.2) is 0 Å². The summed E-state index contributed by atoms with van der Waals surface area (Å²) in [7, 11) is 3.97. The largest absolute Gasteiger partial charge is 0.397 e. The minimum Gasteiger partial charge on any atom is -0.397 e. The molecule has 0 amide bonds. The molecule has 0 atom stereocenters. The van der Waals surface area contributed by atoms with E-state index in [-0.39, 0.29) is 0 Å². The summed E-state index contributed by atoms with van der Waals surface area (Å²) in [5, 5.41) is 1.12. The highest BCUT2D eigenvalue weighted by molar-refractivity contribution is 7.13. The lowest BCUT2D eigenvalue weighted by molar-refractivity contribution is 1.14. The maximum absolute atomic E-state index is 5.88.